The van der Waals surface area contributed by atoms with Crippen molar-refractivity contribution in [1.82, 2.24) is 0 Å². The van der Waals surface area contributed by atoms with Crippen molar-refractivity contribution in [3.63, 3.8) is 0 Å². The lowest BCUT2D eigenvalue weighted by molar-refractivity contribution is -0.140. The Morgan fingerprint density at radius 3 is 2.10 bits per heavy atom. The first-order chi connectivity index (χ1) is 9.48. The molecule has 0 unspecified atom stereocenters. The van der Waals surface area contributed by atoms with E-state index >= 15 is 0 Å². The van der Waals surface area contributed by atoms with Gasteiger partial charge in [0.15, 0.2) is 5.66 Å². The van der Waals surface area contributed by atoms with Crippen LogP contribution in [0.25, 0.3) is 0 Å². The van der Waals surface area contributed by atoms with Crippen molar-refractivity contribution in [2.45, 2.75) is 19.5 Å². The number of rotatable bonds is 7. The normalized spacial score (nSPS) is 13.0. The van der Waals surface area contributed by atoms with E-state index in [4.69, 9.17) is 9.05 Å². The van der Waals surface area contributed by atoms with Crippen LogP contribution in [-0.4, -0.2) is 26.3 Å². The Balaban J connectivity index is 3.26. The number of methoxy groups -OCH3 is 1. The molecule has 0 heterocycles. The molecule has 20 heavy (non-hydrogen) atoms. The van der Waals surface area contributed by atoms with E-state index < -0.39 is 25.0 Å². The van der Waals surface area contributed by atoms with Gasteiger partial charge >= 0.3 is 13.6 Å². The molecule has 0 aromatic heterocycles. The number of hydrogen-bond donors (Lipinski definition) is 0. The number of carbonyl (C=O) groups is 1. The topological polar surface area (TPSA) is 61.8 Å². The molecule has 112 valence electrons. The molecule has 1 atom stereocenters. The van der Waals surface area contributed by atoms with Gasteiger partial charge in [-0.15, -0.1) is 0 Å². The van der Waals surface area contributed by atoms with E-state index in [1.54, 1.807) is 13.8 Å². The van der Waals surface area contributed by atoms with E-state index in [9.17, 15) is 13.8 Å². The van der Waals surface area contributed by atoms with E-state index in [0.717, 1.165) is 0 Å². The summed E-state index contributed by atoms with van der Waals surface area (Å²) >= 11 is 0. The van der Waals surface area contributed by atoms with Crippen LogP contribution in [0.1, 0.15) is 25.1 Å². The molecule has 0 bridgehead atoms. The van der Waals surface area contributed by atoms with Gasteiger partial charge in [-0.2, -0.15) is 0 Å². The van der Waals surface area contributed by atoms with Gasteiger partial charge in [-0.1, -0.05) is 12.1 Å². The molecular weight excluding hydrogens is 286 g/mol. The summed E-state index contributed by atoms with van der Waals surface area (Å²) in [5.74, 6) is -1.21. The largest absolute Gasteiger partial charge is 0.468 e. The summed E-state index contributed by atoms with van der Waals surface area (Å²) in [7, 11) is -2.55. The maximum absolute atomic E-state index is 13.0. The van der Waals surface area contributed by atoms with E-state index in [-0.39, 0.29) is 13.2 Å². The predicted molar refractivity (Wildman–Crippen MR) is 72.0 cm³/mol. The first-order valence-corrected chi connectivity index (χ1v) is 7.81. The number of ether oxygens (including phenoxy) is 1. The number of esters is 1. The van der Waals surface area contributed by atoms with Crippen LogP contribution in [-0.2, 0) is 23.1 Å². The summed E-state index contributed by atoms with van der Waals surface area (Å²) in [4.78, 5) is 11.9. The number of carbonyl (C=O) groups excluding carboxylic acids is 1. The Hall–Kier alpha value is -1.23. The first kappa shape index (κ1) is 16.8. The number of halogens is 1. The average Bonchev–Trinajstić information content (AvgIpc) is 2.41. The van der Waals surface area contributed by atoms with Crippen LogP contribution in [0.3, 0.4) is 0 Å². The van der Waals surface area contributed by atoms with Gasteiger partial charge in [0.25, 0.3) is 0 Å². The second kappa shape index (κ2) is 7.53. The summed E-state index contributed by atoms with van der Waals surface area (Å²) in [5.41, 5.74) is -0.906. The van der Waals surface area contributed by atoms with E-state index in [1.165, 1.54) is 31.4 Å². The first-order valence-electron chi connectivity index (χ1n) is 6.20. The SMILES string of the molecule is CCOP(=O)(OCC)[C@H](C(=O)OC)c1ccc(F)cc1. The van der Waals surface area contributed by atoms with E-state index in [1.807, 2.05) is 0 Å². The summed E-state index contributed by atoms with van der Waals surface area (Å²) < 4.78 is 40.8. The van der Waals surface area contributed by atoms with Gasteiger partial charge in [-0.05, 0) is 31.5 Å². The zero-order valence-corrected chi connectivity index (χ0v) is 12.6. The lowest BCUT2D eigenvalue weighted by Gasteiger charge is -2.24. The number of hydrogen-bond acceptors (Lipinski definition) is 5. The van der Waals surface area contributed by atoms with E-state index in [2.05, 4.69) is 4.74 Å². The van der Waals surface area contributed by atoms with Crippen LogP contribution < -0.4 is 0 Å². The minimum Gasteiger partial charge on any atom is -0.468 e. The summed E-state index contributed by atoms with van der Waals surface area (Å²) in [6.45, 7) is 3.52. The Morgan fingerprint density at radius 2 is 1.70 bits per heavy atom. The highest BCUT2D eigenvalue weighted by molar-refractivity contribution is 7.55. The predicted octanol–water partition coefficient (Wildman–Crippen LogP) is 3.31. The molecule has 0 aliphatic rings. The second-order valence-corrected chi connectivity index (χ2v) is 5.97. The minimum atomic E-state index is -3.74. The van der Waals surface area contributed by atoms with Crippen LogP contribution in [0.5, 0.6) is 0 Å². The smallest absolute Gasteiger partial charge is 0.349 e. The third kappa shape index (κ3) is 3.88. The van der Waals surface area contributed by atoms with Crippen LogP contribution >= 0.6 is 7.60 Å². The van der Waals surface area contributed by atoms with Crippen LogP contribution in [0.2, 0.25) is 0 Å². The molecule has 0 saturated heterocycles. The number of benzene rings is 1. The molecule has 0 radical (unpaired) electrons. The van der Waals surface area contributed by atoms with Crippen molar-refractivity contribution in [2.75, 3.05) is 20.3 Å². The third-order valence-corrected chi connectivity index (χ3v) is 4.92. The lowest BCUT2D eigenvalue weighted by Crippen LogP contribution is -2.17. The van der Waals surface area contributed by atoms with Crippen molar-refractivity contribution < 1.29 is 27.5 Å². The fraction of sp³-hybridized carbons (Fsp3) is 0.462. The molecule has 0 amide bonds. The lowest BCUT2D eigenvalue weighted by atomic mass is 10.1. The van der Waals surface area contributed by atoms with Gasteiger partial charge in [0.2, 0.25) is 0 Å². The second-order valence-electron chi connectivity index (χ2n) is 3.85. The van der Waals surface area contributed by atoms with Gasteiger partial charge in [0.05, 0.1) is 20.3 Å². The summed E-state index contributed by atoms with van der Waals surface area (Å²) in [6, 6.07) is 5.07. The zero-order valence-electron chi connectivity index (χ0n) is 11.7. The van der Waals surface area contributed by atoms with Crippen molar-refractivity contribution in [1.29, 1.82) is 0 Å². The molecule has 0 spiro atoms. The van der Waals surface area contributed by atoms with Gasteiger partial charge in [0.1, 0.15) is 5.82 Å². The average molecular weight is 304 g/mol. The Bertz CT molecular complexity index is 478. The molecule has 0 N–H and O–H groups in total. The minimum absolute atomic E-state index is 0.117. The summed E-state index contributed by atoms with van der Waals surface area (Å²) in [6.07, 6.45) is 0. The quantitative estimate of drug-likeness (QED) is 0.571. The van der Waals surface area contributed by atoms with E-state index in [0.29, 0.717) is 5.56 Å². The molecule has 0 saturated carbocycles. The van der Waals surface area contributed by atoms with Crippen molar-refractivity contribution in [3.8, 4) is 0 Å². The highest BCUT2D eigenvalue weighted by atomic mass is 31.2. The summed E-state index contributed by atoms with van der Waals surface area (Å²) in [5, 5.41) is 0. The van der Waals surface area contributed by atoms with Gasteiger partial charge in [-0.3, -0.25) is 9.36 Å². The molecule has 1 aromatic carbocycles. The third-order valence-electron chi connectivity index (χ3n) is 2.54. The van der Waals surface area contributed by atoms with Crippen molar-refractivity contribution >= 4 is 13.6 Å². The van der Waals surface area contributed by atoms with Crippen LogP contribution in [0.15, 0.2) is 24.3 Å². The van der Waals surface area contributed by atoms with Gasteiger partial charge in [-0.25, -0.2) is 4.39 Å². The monoisotopic (exact) mass is 304 g/mol. The Labute approximate surface area is 117 Å². The molecule has 5 nitrogen and oxygen atoms in total. The zero-order chi connectivity index (χ0) is 15.2. The van der Waals surface area contributed by atoms with Crippen molar-refractivity contribution in [3.05, 3.63) is 35.6 Å². The fourth-order valence-corrected chi connectivity index (χ4v) is 3.74. The van der Waals surface area contributed by atoms with Crippen LogP contribution in [0.4, 0.5) is 4.39 Å². The molecule has 1 aromatic rings. The van der Waals surface area contributed by atoms with Gasteiger partial charge < -0.3 is 13.8 Å². The van der Waals surface area contributed by atoms with Gasteiger partial charge in [0, 0.05) is 0 Å². The Kier molecular flexibility index (Phi) is 6.33. The Morgan fingerprint density at radius 1 is 1.20 bits per heavy atom. The highest BCUT2D eigenvalue weighted by Crippen LogP contribution is 2.61. The molecule has 1 rings (SSSR count). The standard InChI is InChI=1S/C13H18FO5P/c1-4-18-20(16,19-5-2)12(13(15)17-3)10-6-8-11(14)9-7-10/h6-9,12H,4-5H2,1-3H3/t12-/m0/s1. The molecule has 7 heteroatoms. The molecule has 0 aliphatic heterocycles. The molecule has 0 aliphatic carbocycles. The molecule has 0 fully saturated rings. The maximum Gasteiger partial charge on any atom is 0.349 e. The highest BCUT2D eigenvalue weighted by Gasteiger charge is 2.43. The molecular formula is C13H18FO5P. The fourth-order valence-electron chi connectivity index (χ4n) is 1.75. The maximum atomic E-state index is 13.0. The van der Waals surface area contributed by atoms with Crippen molar-refractivity contribution in [2.24, 2.45) is 0 Å². The van der Waals surface area contributed by atoms with Crippen LogP contribution in [0, 0.1) is 5.82 Å².